The number of anilines is 1. The first kappa shape index (κ1) is 14.4. The molecule has 0 aliphatic rings. The third-order valence-corrected chi connectivity index (χ3v) is 2.33. The Morgan fingerprint density at radius 2 is 2.06 bits per heavy atom. The van der Waals surface area contributed by atoms with E-state index in [1.807, 2.05) is 32.0 Å². The van der Waals surface area contributed by atoms with Crippen molar-refractivity contribution in [2.24, 2.45) is 5.73 Å². The van der Waals surface area contributed by atoms with Crippen LogP contribution >= 0.6 is 12.2 Å². The first-order chi connectivity index (χ1) is 8.49. The molecule has 0 radical (unpaired) electrons. The molecule has 0 saturated carbocycles. The number of nitrogens with one attached hydrogen (secondary N) is 1. The molecule has 5 heteroatoms. The SMILES string of the molecule is CC(C)Oc1ccccc1NC(=O)CCC(N)=S. The van der Waals surface area contributed by atoms with E-state index < -0.39 is 0 Å². The maximum atomic E-state index is 11.7. The van der Waals surface area contributed by atoms with Gasteiger partial charge in [0.2, 0.25) is 5.91 Å². The Hall–Kier alpha value is -1.62. The fourth-order valence-electron chi connectivity index (χ4n) is 1.38. The summed E-state index contributed by atoms with van der Waals surface area (Å²) in [5.41, 5.74) is 6.02. The largest absolute Gasteiger partial charge is 0.489 e. The molecule has 0 heterocycles. The summed E-state index contributed by atoms with van der Waals surface area (Å²) in [5.74, 6) is 0.541. The van der Waals surface area contributed by atoms with E-state index in [1.54, 1.807) is 6.07 Å². The van der Waals surface area contributed by atoms with Crippen molar-refractivity contribution in [1.82, 2.24) is 0 Å². The van der Waals surface area contributed by atoms with Gasteiger partial charge in [-0.3, -0.25) is 4.79 Å². The van der Waals surface area contributed by atoms with E-state index in [9.17, 15) is 4.79 Å². The summed E-state index contributed by atoms with van der Waals surface area (Å²) in [4.78, 5) is 12.0. The van der Waals surface area contributed by atoms with E-state index >= 15 is 0 Å². The molecule has 0 bridgehead atoms. The molecule has 1 aromatic carbocycles. The van der Waals surface area contributed by atoms with Crippen molar-refractivity contribution in [3.8, 4) is 5.75 Å². The van der Waals surface area contributed by atoms with E-state index in [4.69, 9.17) is 22.7 Å². The molecule has 0 atom stereocenters. The molecule has 4 nitrogen and oxygen atoms in total. The zero-order chi connectivity index (χ0) is 13.5. The quantitative estimate of drug-likeness (QED) is 0.776. The summed E-state index contributed by atoms with van der Waals surface area (Å²) < 4.78 is 5.61. The number of thiocarbonyl (C=S) groups is 1. The summed E-state index contributed by atoms with van der Waals surface area (Å²) >= 11 is 4.73. The van der Waals surface area contributed by atoms with Gasteiger partial charge in [0.25, 0.3) is 0 Å². The number of benzene rings is 1. The van der Waals surface area contributed by atoms with Crippen LogP contribution in [0.2, 0.25) is 0 Å². The van der Waals surface area contributed by atoms with Crippen LogP contribution in [-0.4, -0.2) is 17.0 Å². The van der Waals surface area contributed by atoms with Crippen molar-refractivity contribution < 1.29 is 9.53 Å². The first-order valence-corrected chi connectivity index (χ1v) is 6.23. The number of hydrogen-bond acceptors (Lipinski definition) is 3. The van der Waals surface area contributed by atoms with E-state index in [0.29, 0.717) is 22.8 Å². The summed E-state index contributed by atoms with van der Waals surface area (Å²) in [6, 6.07) is 7.33. The molecular formula is C13H18N2O2S. The van der Waals surface area contributed by atoms with Gasteiger partial charge in [-0.1, -0.05) is 24.4 Å². The topological polar surface area (TPSA) is 64.3 Å². The molecule has 1 rings (SSSR count). The number of nitrogens with two attached hydrogens (primary N) is 1. The van der Waals surface area contributed by atoms with Crippen LogP contribution in [0.5, 0.6) is 5.75 Å². The van der Waals surface area contributed by atoms with E-state index in [2.05, 4.69) is 5.32 Å². The Labute approximate surface area is 113 Å². The minimum Gasteiger partial charge on any atom is -0.489 e. The van der Waals surface area contributed by atoms with Crippen molar-refractivity contribution in [3.63, 3.8) is 0 Å². The molecule has 98 valence electrons. The smallest absolute Gasteiger partial charge is 0.224 e. The van der Waals surface area contributed by atoms with Crippen LogP contribution in [0.4, 0.5) is 5.69 Å². The zero-order valence-electron chi connectivity index (χ0n) is 10.6. The van der Waals surface area contributed by atoms with Gasteiger partial charge in [0, 0.05) is 12.8 Å². The third-order valence-electron chi connectivity index (χ3n) is 2.12. The molecule has 0 aliphatic heterocycles. The van der Waals surface area contributed by atoms with Gasteiger partial charge < -0.3 is 15.8 Å². The van der Waals surface area contributed by atoms with Crippen molar-refractivity contribution in [2.45, 2.75) is 32.8 Å². The Kier molecular flexibility index (Phi) is 5.58. The summed E-state index contributed by atoms with van der Waals surface area (Å²) in [5, 5.41) is 2.79. The van der Waals surface area contributed by atoms with Crippen LogP contribution < -0.4 is 15.8 Å². The third kappa shape index (κ3) is 5.14. The van der Waals surface area contributed by atoms with Crippen LogP contribution in [0.25, 0.3) is 0 Å². The van der Waals surface area contributed by atoms with Crippen molar-refractivity contribution in [2.75, 3.05) is 5.32 Å². The second kappa shape index (κ2) is 6.96. The Bertz CT molecular complexity index is 433. The van der Waals surface area contributed by atoms with E-state index in [0.717, 1.165) is 0 Å². The lowest BCUT2D eigenvalue weighted by atomic mass is 10.2. The fraction of sp³-hybridized carbons (Fsp3) is 0.385. The average Bonchev–Trinajstić information content (AvgIpc) is 2.28. The van der Waals surface area contributed by atoms with Crippen molar-refractivity contribution in [1.29, 1.82) is 0 Å². The maximum Gasteiger partial charge on any atom is 0.224 e. The number of carbonyl (C=O) groups is 1. The maximum absolute atomic E-state index is 11.7. The van der Waals surface area contributed by atoms with Gasteiger partial charge >= 0.3 is 0 Å². The average molecular weight is 266 g/mol. The van der Waals surface area contributed by atoms with Gasteiger partial charge in [0.05, 0.1) is 16.8 Å². The summed E-state index contributed by atoms with van der Waals surface area (Å²) in [7, 11) is 0. The van der Waals surface area contributed by atoms with E-state index in [-0.39, 0.29) is 18.4 Å². The standard InChI is InChI=1S/C13H18N2O2S/c1-9(2)17-11-6-4-3-5-10(11)15-13(16)8-7-12(14)18/h3-6,9H,7-8H2,1-2H3,(H2,14,18)(H,15,16). The number of amides is 1. The van der Waals surface area contributed by atoms with Crippen LogP contribution in [0.1, 0.15) is 26.7 Å². The lowest BCUT2D eigenvalue weighted by Crippen LogP contribution is -2.17. The van der Waals surface area contributed by atoms with Gasteiger partial charge in [-0.15, -0.1) is 0 Å². The minimum atomic E-state index is -0.123. The highest BCUT2D eigenvalue weighted by atomic mass is 32.1. The Balaban J connectivity index is 2.65. The van der Waals surface area contributed by atoms with Gasteiger partial charge in [-0.2, -0.15) is 0 Å². The molecule has 0 aromatic heterocycles. The molecule has 0 fully saturated rings. The number of rotatable bonds is 6. The second-order valence-electron chi connectivity index (χ2n) is 4.18. The second-order valence-corrected chi connectivity index (χ2v) is 4.70. The number of para-hydroxylation sites is 2. The van der Waals surface area contributed by atoms with Crippen molar-refractivity contribution >= 4 is 28.8 Å². The van der Waals surface area contributed by atoms with Gasteiger partial charge in [-0.05, 0) is 26.0 Å². The monoisotopic (exact) mass is 266 g/mol. The highest BCUT2D eigenvalue weighted by Gasteiger charge is 2.08. The molecular weight excluding hydrogens is 248 g/mol. The van der Waals surface area contributed by atoms with Gasteiger partial charge in [-0.25, -0.2) is 0 Å². The van der Waals surface area contributed by atoms with Crippen LogP contribution in [0, 0.1) is 0 Å². The van der Waals surface area contributed by atoms with Gasteiger partial charge in [0.15, 0.2) is 0 Å². The molecule has 3 N–H and O–H groups in total. The lowest BCUT2D eigenvalue weighted by Gasteiger charge is -2.14. The molecule has 18 heavy (non-hydrogen) atoms. The van der Waals surface area contributed by atoms with Gasteiger partial charge in [0.1, 0.15) is 5.75 Å². The number of ether oxygens (including phenoxy) is 1. The van der Waals surface area contributed by atoms with Crippen LogP contribution in [0.3, 0.4) is 0 Å². The highest BCUT2D eigenvalue weighted by molar-refractivity contribution is 7.80. The van der Waals surface area contributed by atoms with Crippen LogP contribution in [0.15, 0.2) is 24.3 Å². The molecule has 1 amide bonds. The molecule has 1 aromatic rings. The molecule has 0 aliphatic carbocycles. The highest BCUT2D eigenvalue weighted by Crippen LogP contribution is 2.24. The summed E-state index contributed by atoms with van der Waals surface area (Å²) in [6.45, 7) is 3.87. The Morgan fingerprint density at radius 1 is 1.39 bits per heavy atom. The Morgan fingerprint density at radius 3 is 2.67 bits per heavy atom. The summed E-state index contributed by atoms with van der Waals surface area (Å²) in [6.07, 6.45) is 0.749. The molecule has 0 unspecified atom stereocenters. The van der Waals surface area contributed by atoms with Crippen molar-refractivity contribution in [3.05, 3.63) is 24.3 Å². The predicted octanol–water partition coefficient (Wildman–Crippen LogP) is 2.48. The van der Waals surface area contributed by atoms with Crippen LogP contribution in [-0.2, 0) is 4.79 Å². The number of carbonyl (C=O) groups excluding carboxylic acids is 1. The predicted molar refractivity (Wildman–Crippen MR) is 76.9 cm³/mol. The molecule has 0 saturated heterocycles. The first-order valence-electron chi connectivity index (χ1n) is 5.83. The lowest BCUT2D eigenvalue weighted by molar-refractivity contribution is -0.116. The normalized spacial score (nSPS) is 10.2. The zero-order valence-corrected chi connectivity index (χ0v) is 11.4. The fourth-order valence-corrected chi connectivity index (χ4v) is 1.48. The molecule has 0 spiro atoms. The van der Waals surface area contributed by atoms with E-state index in [1.165, 1.54) is 0 Å². The number of hydrogen-bond donors (Lipinski definition) is 2. The minimum absolute atomic E-state index is 0.0553.